The summed E-state index contributed by atoms with van der Waals surface area (Å²) in [5, 5.41) is 16.0. The van der Waals surface area contributed by atoms with Gasteiger partial charge in [-0.3, -0.25) is 24.6 Å². The summed E-state index contributed by atoms with van der Waals surface area (Å²) in [4.78, 5) is 48.6. The second kappa shape index (κ2) is 8.19. The van der Waals surface area contributed by atoms with E-state index in [0.717, 1.165) is 10.5 Å². The van der Waals surface area contributed by atoms with Gasteiger partial charge in [-0.2, -0.15) is 0 Å². The van der Waals surface area contributed by atoms with Crippen molar-refractivity contribution in [2.24, 2.45) is 0 Å². The Morgan fingerprint density at radius 2 is 1.93 bits per heavy atom. The summed E-state index contributed by atoms with van der Waals surface area (Å²) < 4.78 is 5.13. The van der Waals surface area contributed by atoms with Crippen LogP contribution in [0.15, 0.2) is 48.5 Å². The summed E-state index contributed by atoms with van der Waals surface area (Å²) in [6.45, 7) is 1.25. The fourth-order valence-corrected chi connectivity index (χ4v) is 3.14. The van der Waals surface area contributed by atoms with Gasteiger partial charge in [0.05, 0.1) is 12.0 Å². The van der Waals surface area contributed by atoms with Gasteiger partial charge in [-0.25, -0.2) is 4.79 Å². The predicted molar refractivity (Wildman–Crippen MR) is 106 cm³/mol. The van der Waals surface area contributed by atoms with Gasteiger partial charge in [0, 0.05) is 18.7 Å². The molecule has 0 saturated carbocycles. The third-order valence-corrected chi connectivity index (χ3v) is 4.86. The van der Waals surface area contributed by atoms with Crippen molar-refractivity contribution in [3.8, 4) is 5.75 Å². The number of amides is 4. The van der Waals surface area contributed by atoms with Crippen LogP contribution in [0.3, 0.4) is 0 Å². The minimum Gasteiger partial charge on any atom is -0.497 e. The topological polar surface area (TPSA) is 131 Å². The van der Waals surface area contributed by atoms with Crippen molar-refractivity contribution >= 4 is 23.5 Å². The van der Waals surface area contributed by atoms with Gasteiger partial charge in [0.2, 0.25) is 5.91 Å². The number of carbonyl (C=O) groups is 3. The molecule has 2 aromatic rings. The van der Waals surface area contributed by atoms with Gasteiger partial charge < -0.3 is 15.4 Å². The maximum Gasteiger partial charge on any atom is 0.325 e. The molecule has 3 rings (SSSR count). The smallest absolute Gasteiger partial charge is 0.325 e. The van der Waals surface area contributed by atoms with Gasteiger partial charge in [-0.1, -0.05) is 12.1 Å². The van der Waals surface area contributed by atoms with Crippen LogP contribution in [0.2, 0.25) is 0 Å². The van der Waals surface area contributed by atoms with Crippen molar-refractivity contribution < 1.29 is 24.0 Å². The number of nitro benzene ring substituents is 1. The Labute approximate surface area is 172 Å². The molecule has 0 spiro atoms. The number of hydrogen-bond donors (Lipinski definition) is 2. The molecule has 0 aliphatic carbocycles. The van der Waals surface area contributed by atoms with E-state index in [1.807, 2.05) is 6.07 Å². The van der Waals surface area contributed by atoms with Gasteiger partial charge in [0.25, 0.3) is 11.6 Å². The van der Waals surface area contributed by atoms with Crippen LogP contribution in [0.5, 0.6) is 5.75 Å². The number of nitrogens with one attached hydrogen (secondary N) is 2. The molecule has 0 aromatic heterocycles. The first kappa shape index (κ1) is 20.8. The normalized spacial score (nSPS) is 18.1. The third-order valence-electron chi connectivity index (χ3n) is 4.86. The first-order chi connectivity index (χ1) is 14.2. The van der Waals surface area contributed by atoms with E-state index in [9.17, 15) is 24.5 Å². The van der Waals surface area contributed by atoms with Crippen molar-refractivity contribution in [3.05, 3.63) is 69.8 Å². The van der Waals surface area contributed by atoms with E-state index in [2.05, 4.69) is 10.6 Å². The molecule has 10 nitrogen and oxygen atoms in total. The van der Waals surface area contributed by atoms with Crippen molar-refractivity contribution in [2.75, 3.05) is 13.7 Å². The zero-order valence-corrected chi connectivity index (χ0v) is 16.4. The Morgan fingerprint density at radius 1 is 1.23 bits per heavy atom. The third kappa shape index (κ3) is 4.07. The number of hydrogen-bond acceptors (Lipinski definition) is 6. The molecule has 2 aromatic carbocycles. The van der Waals surface area contributed by atoms with Crippen molar-refractivity contribution in [1.29, 1.82) is 0 Å². The maximum atomic E-state index is 12.9. The average molecular weight is 412 g/mol. The second-order valence-electron chi connectivity index (χ2n) is 6.88. The first-order valence-electron chi connectivity index (χ1n) is 9.03. The van der Waals surface area contributed by atoms with E-state index < -0.39 is 34.9 Å². The molecule has 1 fully saturated rings. The molecule has 0 bridgehead atoms. The van der Waals surface area contributed by atoms with Crippen LogP contribution in [-0.4, -0.2) is 41.3 Å². The molecule has 2 N–H and O–H groups in total. The van der Waals surface area contributed by atoms with Crippen molar-refractivity contribution in [1.82, 2.24) is 15.5 Å². The molecular formula is C20H20N4O6. The highest BCUT2D eigenvalue weighted by atomic mass is 16.6. The quantitative estimate of drug-likeness (QED) is 0.404. The molecule has 0 radical (unpaired) electrons. The number of benzene rings is 2. The fraction of sp³-hybridized carbons (Fsp3) is 0.250. The Kier molecular flexibility index (Phi) is 5.67. The number of ether oxygens (including phenoxy) is 1. The summed E-state index contributed by atoms with van der Waals surface area (Å²) in [6.07, 6.45) is 0. The van der Waals surface area contributed by atoms with Crippen LogP contribution < -0.4 is 15.4 Å². The van der Waals surface area contributed by atoms with Crippen LogP contribution in [0.4, 0.5) is 10.5 Å². The van der Waals surface area contributed by atoms with Gasteiger partial charge in [-0.05, 0) is 42.3 Å². The number of rotatable bonds is 7. The summed E-state index contributed by atoms with van der Waals surface area (Å²) in [6, 6.07) is 11.7. The molecule has 156 valence electrons. The Hall–Kier alpha value is -3.95. The highest BCUT2D eigenvalue weighted by Crippen LogP contribution is 2.29. The van der Waals surface area contributed by atoms with Crippen LogP contribution in [0, 0.1) is 10.1 Å². The van der Waals surface area contributed by atoms with Gasteiger partial charge >= 0.3 is 6.03 Å². The summed E-state index contributed by atoms with van der Waals surface area (Å²) in [5.74, 6) is -0.470. The minimum absolute atomic E-state index is 0.132. The molecule has 1 aliphatic rings. The average Bonchev–Trinajstić information content (AvgIpc) is 2.96. The fourth-order valence-electron chi connectivity index (χ4n) is 3.14. The number of methoxy groups -OCH3 is 1. The number of urea groups is 1. The minimum atomic E-state index is -1.42. The molecule has 4 amide bonds. The highest BCUT2D eigenvalue weighted by Gasteiger charge is 2.49. The lowest BCUT2D eigenvalue weighted by Crippen LogP contribution is -2.43. The number of non-ortho nitro benzene ring substituents is 1. The zero-order valence-electron chi connectivity index (χ0n) is 16.4. The Balaban J connectivity index is 1.66. The van der Waals surface area contributed by atoms with Gasteiger partial charge in [0.1, 0.15) is 17.8 Å². The van der Waals surface area contributed by atoms with Crippen LogP contribution in [-0.2, 0) is 21.7 Å². The van der Waals surface area contributed by atoms with Crippen LogP contribution in [0.25, 0.3) is 0 Å². The van der Waals surface area contributed by atoms with Crippen LogP contribution >= 0.6 is 0 Å². The number of imide groups is 1. The van der Waals surface area contributed by atoms with Gasteiger partial charge in [0.15, 0.2) is 0 Å². The van der Waals surface area contributed by atoms with Crippen LogP contribution in [0.1, 0.15) is 18.1 Å². The molecule has 10 heteroatoms. The maximum absolute atomic E-state index is 12.9. The van der Waals surface area contributed by atoms with E-state index >= 15 is 0 Å². The molecule has 1 atom stereocenters. The van der Waals surface area contributed by atoms with E-state index in [1.54, 1.807) is 18.2 Å². The summed E-state index contributed by atoms with van der Waals surface area (Å²) in [7, 11) is 1.54. The van der Waals surface area contributed by atoms with E-state index in [0.29, 0.717) is 11.3 Å². The summed E-state index contributed by atoms with van der Waals surface area (Å²) >= 11 is 0. The molecular weight excluding hydrogens is 392 g/mol. The Morgan fingerprint density at radius 3 is 2.57 bits per heavy atom. The zero-order chi connectivity index (χ0) is 21.9. The van der Waals surface area contributed by atoms with Crippen molar-refractivity contribution in [3.63, 3.8) is 0 Å². The summed E-state index contributed by atoms with van der Waals surface area (Å²) in [5.41, 5.74) is -0.367. The number of nitro groups is 1. The predicted octanol–water partition coefficient (Wildman–Crippen LogP) is 1.69. The largest absolute Gasteiger partial charge is 0.497 e. The van der Waals surface area contributed by atoms with E-state index in [1.165, 1.54) is 38.3 Å². The highest BCUT2D eigenvalue weighted by molar-refractivity contribution is 6.09. The lowest BCUT2D eigenvalue weighted by Gasteiger charge is -2.22. The monoisotopic (exact) mass is 412 g/mol. The standard InChI is InChI=1S/C20H20N4O6/c1-20(14-6-8-15(9-7-14)24(28)29)18(26)23(19(27)22-20)12-17(25)21-11-13-4-3-5-16(10-13)30-2/h3-10H,11-12H2,1-2H3,(H,21,25)(H,22,27)/t20-/m1/s1. The number of carbonyl (C=O) groups excluding carboxylic acids is 3. The lowest BCUT2D eigenvalue weighted by molar-refractivity contribution is -0.384. The second-order valence-corrected chi connectivity index (χ2v) is 6.88. The first-order valence-corrected chi connectivity index (χ1v) is 9.03. The Bertz CT molecular complexity index is 1010. The lowest BCUT2D eigenvalue weighted by atomic mass is 9.92. The van der Waals surface area contributed by atoms with Crippen molar-refractivity contribution in [2.45, 2.75) is 19.0 Å². The van der Waals surface area contributed by atoms with Gasteiger partial charge in [-0.15, -0.1) is 0 Å². The molecule has 0 unspecified atom stereocenters. The number of nitrogens with zero attached hydrogens (tertiary/aromatic N) is 2. The molecule has 1 heterocycles. The molecule has 1 saturated heterocycles. The SMILES string of the molecule is COc1cccc(CNC(=O)CN2C(=O)N[C@](C)(c3ccc([N+](=O)[O-])cc3)C2=O)c1. The molecule has 1 aliphatic heterocycles. The van der Waals surface area contributed by atoms with E-state index in [-0.39, 0.29) is 12.2 Å². The molecule has 30 heavy (non-hydrogen) atoms. The van der Waals surface area contributed by atoms with E-state index in [4.69, 9.17) is 4.74 Å².